The number of fused-ring (bicyclic) bond motifs is 1. The molecule has 178 valence electrons. The van der Waals surface area contributed by atoms with Crippen molar-refractivity contribution in [1.29, 1.82) is 0 Å². The SMILES string of the molecule is CCOc1cc2c(cc1NC(=O)c1nn(-c3cccc(C(F)(F)F)c3)c(C)cc1=O)OC(C)C2. The fraction of sp³-hybridized carbons (Fsp3) is 0.292. The molecule has 0 fully saturated rings. The summed E-state index contributed by atoms with van der Waals surface area (Å²) in [4.78, 5) is 25.6. The lowest BCUT2D eigenvalue weighted by molar-refractivity contribution is -0.137. The Morgan fingerprint density at radius 2 is 2.03 bits per heavy atom. The number of hydrogen-bond donors (Lipinski definition) is 1. The second-order valence-corrected chi connectivity index (χ2v) is 7.93. The maximum absolute atomic E-state index is 13.2. The molecule has 1 atom stereocenters. The van der Waals surface area contributed by atoms with Gasteiger partial charge in [0.15, 0.2) is 5.69 Å². The second kappa shape index (κ2) is 8.85. The van der Waals surface area contributed by atoms with Crippen LogP contribution in [0.3, 0.4) is 0 Å². The summed E-state index contributed by atoms with van der Waals surface area (Å²) in [5.41, 5.74) is -0.430. The lowest BCUT2D eigenvalue weighted by atomic mass is 10.1. The molecule has 2 heterocycles. The van der Waals surface area contributed by atoms with E-state index in [9.17, 15) is 22.8 Å². The topological polar surface area (TPSA) is 82.5 Å². The van der Waals surface area contributed by atoms with Gasteiger partial charge in [-0.15, -0.1) is 0 Å². The van der Waals surface area contributed by atoms with Crippen molar-refractivity contribution in [1.82, 2.24) is 9.78 Å². The van der Waals surface area contributed by atoms with Crippen LogP contribution in [0, 0.1) is 6.92 Å². The van der Waals surface area contributed by atoms with Crippen LogP contribution in [-0.2, 0) is 12.6 Å². The van der Waals surface area contributed by atoms with Crippen molar-refractivity contribution in [3.63, 3.8) is 0 Å². The maximum atomic E-state index is 13.2. The van der Waals surface area contributed by atoms with Crippen molar-refractivity contribution >= 4 is 11.6 Å². The lowest BCUT2D eigenvalue weighted by Crippen LogP contribution is -2.27. The van der Waals surface area contributed by atoms with Gasteiger partial charge in [0.2, 0.25) is 5.43 Å². The van der Waals surface area contributed by atoms with Gasteiger partial charge in [-0.3, -0.25) is 9.59 Å². The smallest absolute Gasteiger partial charge is 0.416 e. The molecule has 0 saturated carbocycles. The molecule has 1 N–H and O–H groups in total. The second-order valence-electron chi connectivity index (χ2n) is 7.93. The van der Waals surface area contributed by atoms with Gasteiger partial charge in [0, 0.05) is 29.8 Å². The van der Waals surface area contributed by atoms with Crippen molar-refractivity contribution in [3.8, 4) is 17.2 Å². The lowest BCUT2D eigenvalue weighted by Gasteiger charge is -2.15. The average Bonchev–Trinajstić information content (AvgIpc) is 3.12. The number of halogens is 3. The first-order valence-corrected chi connectivity index (χ1v) is 10.6. The van der Waals surface area contributed by atoms with E-state index in [1.807, 2.05) is 6.92 Å². The third-order valence-electron chi connectivity index (χ3n) is 5.29. The number of carbonyl (C=O) groups excluding carboxylic acids is 1. The van der Waals surface area contributed by atoms with Crippen LogP contribution >= 0.6 is 0 Å². The van der Waals surface area contributed by atoms with Crippen LogP contribution in [0.4, 0.5) is 18.9 Å². The van der Waals surface area contributed by atoms with Gasteiger partial charge in [0.1, 0.15) is 17.6 Å². The third kappa shape index (κ3) is 4.61. The molecule has 0 aliphatic carbocycles. The molecule has 1 aliphatic rings. The largest absolute Gasteiger partial charge is 0.492 e. The van der Waals surface area contributed by atoms with Crippen molar-refractivity contribution in [2.45, 2.75) is 39.5 Å². The Kier molecular flexibility index (Phi) is 6.07. The molecule has 10 heteroatoms. The number of ether oxygens (including phenoxy) is 2. The van der Waals surface area contributed by atoms with E-state index >= 15 is 0 Å². The number of benzene rings is 2. The van der Waals surface area contributed by atoms with E-state index in [2.05, 4.69) is 10.4 Å². The summed E-state index contributed by atoms with van der Waals surface area (Å²) in [6.45, 7) is 5.59. The van der Waals surface area contributed by atoms with E-state index in [1.165, 1.54) is 19.1 Å². The zero-order valence-corrected chi connectivity index (χ0v) is 18.7. The Morgan fingerprint density at radius 1 is 1.26 bits per heavy atom. The first-order chi connectivity index (χ1) is 16.1. The predicted octanol–water partition coefficient (Wildman–Crippen LogP) is 4.53. The minimum atomic E-state index is -4.55. The van der Waals surface area contributed by atoms with Crippen LogP contribution in [0.1, 0.15) is 41.2 Å². The number of aryl methyl sites for hydroxylation is 1. The van der Waals surface area contributed by atoms with Gasteiger partial charge in [-0.1, -0.05) is 6.07 Å². The maximum Gasteiger partial charge on any atom is 0.416 e. The molecule has 0 saturated heterocycles. The van der Waals surface area contributed by atoms with Crippen molar-refractivity contribution in [2.75, 3.05) is 11.9 Å². The standard InChI is InChI=1S/C24H22F3N3O4/c1-4-33-21-10-15-9-14(3)34-20(15)12-18(21)28-23(32)22-19(31)8-13(2)30(29-22)17-7-5-6-16(11-17)24(25,26)27/h5-8,10-12,14H,4,9H2,1-3H3,(H,28,32). The first kappa shape index (κ1) is 23.3. The normalized spacial score (nSPS) is 14.9. The summed E-state index contributed by atoms with van der Waals surface area (Å²) in [5.74, 6) is 0.194. The van der Waals surface area contributed by atoms with E-state index in [4.69, 9.17) is 9.47 Å². The minimum Gasteiger partial charge on any atom is -0.492 e. The number of aromatic nitrogens is 2. The highest BCUT2D eigenvalue weighted by molar-refractivity contribution is 6.03. The van der Waals surface area contributed by atoms with Gasteiger partial charge in [-0.05, 0) is 45.0 Å². The van der Waals surface area contributed by atoms with Crippen LogP contribution in [0.25, 0.3) is 5.69 Å². The molecule has 1 aliphatic heterocycles. The summed E-state index contributed by atoms with van der Waals surface area (Å²) >= 11 is 0. The molecule has 1 unspecified atom stereocenters. The zero-order chi connectivity index (χ0) is 24.6. The number of hydrogen-bond acceptors (Lipinski definition) is 5. The number of nitrogens with one attached hydrogen (secondary N) is 1. The van der Waals surface area contributed by atoms with Crippen LogP contribution in [0.2, 0.25) is 0 Å². The summed E-state index contributed by atoms with van der Waals surface area (Å²) < 4.78 is 52.0. The van der Waals surface area contributed by atoms with Gasteiger partial charge < -0.3 is 14.8 Å². The predicted molar refractivity (Wildman–Crippen MR) is 119 cm³/mol. The highest BCUT2D eigenvalue weighted by Gasteiger charge is 2.31. The Morgan fingerprint density at radius 3 is 2.74 bits per heavy atom. The molecule has 1 aromatic heterocycles. The number of alkyl halides is 3. The number of rotatable bonds is 5. The monoisotopic (exact) mass is 473 g/mol. The van der Waals surface area contributed by atoms with Gasteiger partial charge in [-0.25, -0.2) is 4.68 Å². The number of nitrogens with zero attached hydrogens (tertiary/aromatic N) is 2. The Bertz CT molecular complexity index is 1320. The Balaban J connectivity index is 1.71. The van der Waals surface area contributed by atoms with Gasteiger partial charge in [-0.2, -0.15) is 18.3 Å². The van der Waals surface area contributed by atoms with Crippen molar-refractivity contribution in [3.05, 3.63) is 75.2 Å². The first-order valence-electron chi connectivity index (χ1n) is 10.6. The van der Waals surface area contributed by atoms with Crippen LogP contribution in [0.5, 0.6) is 11.5 Å². The van der Waals surface area contributed by atoms with Crippen LogP contribution in [0.15, 0.2) is 47.3 Å². The van der Waals surface area contributed by atoms with E-state index < -0.39 is 28.8 Å². The van der Waals surface area contributed by atoms with E-state index in [0.29, 0.717) is 30.2 Å². The molecule has 0 spiro atoms. The average molecular weight is 473 g/mol. The van der Waals surface area contributed by atoms with Crippen molar-refractivity contribution < 1.29 is 27.4 Å². The quantitative estimate of drug-likeness (QED) is 0.589. The van der Waals surface area contributed by atoms with E-state index in [-0.39, 0.29) is 17.5 Å². The number of carbonyl (C=O) groups is 1. The molecule has 0 radical (unpaired) electrons. The Labute approximate surface area is 193 Å². The minimum absolute atomic E-state index is 0.0196. The Hall–Kier alpha value is -3.82. The fourth-order valence-electron chi connectivity index (χ4n) is 3.77. The van der Waals surface area contributed by atoms with Crippen LogP contribution < -0.4 is 20.2 Å². The molecule has 34 heavy (non-hydrogen) atoms. The summed E-state index contributed by atoms with van der Waals surface area (Å²) in [6.07, 6.45) is -3.87. The molecule has 7 nitrogen and oxygen atoms in total. The van der Waals surface area contributed by atoms with Gasteiger partial charge in [0.05, 0.1) is 23.5 Å². The fourth-order valence-corrected chi connectivity index (χ4v) is 3.77. The van der Waals surface area contributed by atoms with E-state index in [1.54, 1.807) is 19.1 Å². The highest BCUT2D eigenvalue weighted by Crippen LogP contribution is 2.38. The van der Waals surface area contributed by atoms with E-state index in [0.717, 1.165) is 28.4 Å². The zero-order valence-electron chi connectivity index (χ0n) is 18.7. The third-order valence-corrected chi connectivity index (χ3v) is 5.29. The molecular weight excluding hydrogens is 451 g/mol. The molecular formula is C24H22F3N3O4. The molecule has 2 aromatic carbocycles. The molecule has 0 bridgehead atoms. The number of anilines is 1. The molecule has 1 amide bonds. The summed E-state index contributed by atoms with van der Waals surface area (Å²) in [5, 5.41) is 6.71. The van der Waals surface area contributed by atoms with Crippen LogP contribution in [-0.4, -0.2) is 28.4 Å². The van der Waals surface area contributed by atoms with Crippen molar-refractivity contribution in [2.24, 2.45) is 0 Å². The highest BCUT2D eigenvalue weighted by atomic mass is 19.4. The molecule has 3 aromatic rings. The summed E-state index contributed by atoms with van der Waals surface area (Å²) in [6, 6.07) is 9.03. The van der Waals surface area contributed by atoms with Gasteiger partial charge >= 0.3 is 6.18 Å². The molecule has 4 rings (SSSR count). The number of amides is 1. The van der Waals surface area contributed by atoms with Gasteiger partial charge in [0.25, 0.3) is 5.91 Å². The summed E-state index contributed by atoms with van der Waals surface area (Å²) in [7, 11) is 0.